The number of anilines is 1. The van der Waals surface area contributed by atoms with E-state index < -0.39 is 5.97 Å². The molecule has 0 aromatic heterocycles. The lowest BCUT2D eigenvalue weighted by atomic mass is 10.1. The third-order valence-corrected chi connectivity index (χ3v) is 3.68. The quantitative estimate of drug-likeness (QED) is 0.524. The molecule has 6 nitrogen and oxygen atoms in total. The van der Waals surface area contributed by atoms with E-state index in [2.05, 4.69) is 10.1 Å². The lowest BCUT2D eigenvalue weighted by Gasteiger charge is -2.26. The lowest BCUT2D eigenvalue weighted by Crippen LogP contribution is -2.35. The molecule has 2 rings (SSSR count). The molecule has 1 aromatic rings. The number of nitrogens with one attached hydrogen (secondary N) is 1. The zero-order valence-electron chi connectivity index (χ0n) is 13.0. The van der Waals surface area contributed by atoms with Gasteiger partial charge in [-0.05, 0) is 43.5 Å². The predicted octanol–water partition coefficient (Wildman–Crippen LogP) is 2.31. The maximum absolute atomic E-state index is 12.3. The largest absolute Gasteiger partial charge is 0.465 e. The highest BCUT2D eigenvalue weighted by atomic mass is 16.5. The number of piperidine rings is 1. The molecule has 0 aliphatic carbocycles. The molecule has 1 N–H and O–H groups in total. The van der Waals surface area contributed by atoms with E-state index in [0.29, 0.717) is 11.3 Å². The van der Waals surface area contributed by atoms with Gasteiger partial charge in [-0.3, -0.25) is 4.79 Å². The van der Waals surface area contributed by atoms with Gasteiger partial charge in [-0.25, -0.2) is 4.79 Å². The fourth-order valence-electron chi connectivity index (χ4n) is 2.39. The van der Waals surface area contributed by atoms with Crippen LogP contribution in [0.3, 0.4) is 0 Å². The summed E-state index contributed by atoms with van der Waals surface area (Å²) in [5.74, 6) is -0.657. The third kappa shape index (κ3) is 4.33. The number of likely N-dealkylation sites (tertiary alicyclic amines) is 1. The second kappa shape index (κ2) is 7.99. The van der Waals surface area contributed by atoms with Gasteiger partial charge < -0.3 is 15.0 Å². The fraction of sp³-hybridized carbons (Fsp3) is 0.353. The molecular formula is C17H19N3O3. The number of hydrogen-bond donors (Lipinski definition) is 1. The highest BCUT2D eigenvalue weighted by molar-refractivity contribution is 5.95. The molecule has 6 heteroatoms. The Hall–Kier alpha value is -2.81. The summed E-state index contributed by atoms with van der Waals surface area (Å²) in [5.41, 5.74) is 1.19. The SMILES string of the molecule is COC(=O)/C(C#N)=C\Nc1ccc(C(=O)N2CCCCC2)cc1. The van der Waals surface area contributed by atoms with E-state index in [1.54, 1.807) is 30.3 Å². The van der Waals surface area contributed by atoms with Crippen LogP contribution in [0.25, 0.3) is 0 Å². The smallest absolute Gasteiger partial charge is 0.350 e. The van der Waals surface area contributed by atoms with E-state index >= 15 is 0 Å². The van der Waals surface area contributed by atoms with Gasteiger partial charge in [0.05, 0.1) is 7.11 Å². The summed E-state index contributed by atoms with van der Waals surface area (Å²) in [5, 5.41) is 11.7. The van der Waals surface area contributed by atoms with E-state index in [9.17, 15) is 9.59 Å². The number of hydrogen-bond acceptors (Lipinski definition) is 5. The van der Waals surface area contributed by atoms with Crippen LogP contribution in [0.2, 0.25) is 0 Å². The minimum Gasteiger partial charge on any atom is -0.465 e. The van der Waals surface area contributed by atoms with Crippen LogP contribution in [-0.2, 0) is 9.53 Å². The van der Waals surface area contributed by atoms with Gasteiger partial charge in [0, 0.05) is 30.5 Å². The summed E-state index contributed by atoms with van der Waals surface area (Å²) in [6.07, 6.45) is 4.58. The summed E-state index contributed by atoms with van der Waals surface area (Å²) in [6, 6.07) is 8.70. The minimum atomic E-state index is -0.697. The number of methoxy groups -OCH3 is 1. The van der Waals surface area contributed by atoms with Crippen LogP contribution in [0, 0.1) is 11.3 Å². The second-order valence-corrected chi connectivity index (χ2v) is 5.24. The molecule has 1 fully saturated rings. The van der Waals surface area contributed by atoms with Gasteiger partial charge >= 0.3 is 5.97 Å². The standard InChI is InChI=1S/C17H19N3O3/c1-23-17(22)14(11-18)12-19-15-7-5-13(6-8-15)16(21)20-9-3-2-4-10-20/h5-8,12,19H,2-4,9-10H2,1H3/b14-12-. The van der Waals surface area contributed by atoms with Gasteiger partial charge in [-0.1, -0.05) is 0 Å². The molecular weight excluding hydrogens is 294 g/mol. The van der Waals surface area contributed by atoms with Gasteiger partial charge in [0.15, 0.2) is 5.57 Å². The summed E-state index contributed by atoms with van der Waals surface area (Å²) in [6.45, 7) is 1.62. The van der Waals surface area contributed by atoms with E-state index in [-0.39, 0.29) is 11.5 Å². The van der Waals surface area contributed by atoms with E-state index in [0.717, 1.165) is 25.9 Å². The van der Waals surface area contributed by atoms with Crippen LogP contribution in [-0.4, -0.2) is 37.0 Å². The van der Waals surface area contributed by atoms with Crippen molar-refractivity contribution in [2.75, 3.05) is 25.5 Å². The van der Waals surface area contributed by atoms with Crippen LogP contribution < -0.4 is 5.32 Å². The topological polar surface area (TPSA) is 82.4 Å². The van der Waals surface area contributed by atoms with Crippen molar-refractivity contribution in [2.45, 2.75) is 19.3 Å². The summed E-state index contributed by atoms with van der Waals surface area (Å²) in [4.78, 5) is 25.5. The Morgan fingerprint density at radius 1 is 1.22 bits per heavy atom. The normalized spacial score (nSPS) is 14.8. The van der Waals surface area contributed by atoms with Crippen LogP contribution in [0.15, 0.2) is 36.0 Å². The number of nitrogens with zero attached hydrogens (tertiary/aromatic N) is 2. The Morgan fingerprint density at radius 3 is 2.43 bits per heavy atom. The van der Waals surface area contributed by atoms with E-state index in [1.165, 1.54) is 19.7 Å². The van der Waals surface area contributed by atoms with Gasteiger partial charge in [-0.2, -0.15) is 5.26 Å². The molecule has 120 valence electrons. The third-order valence-electron chi connectivity index (χ3n) is 3.68. The fourth-order valence-corrected chi connectivity index (χ4v) is 2.39. The van der Waals surface area contributed by atoms with Crippen molar-refractivity contribution in [3.05, 3.63) is 41.6 Å². The molecule has 1 aromatic carbocycles. The molecule has 1 heterocycles. The van der Waals surface area contributed by atoms with E-state index in [4.69, 9.17) is 5.26 Å². The first kappa shape index (κ1) is 16.6. The molecule has 23 heavy (non-hydrogen) atoms. The molecule has 1 aliphatic heterocycles. The average molecular weight is 313 g/mol. The summed E-state index contributed by atoms with van der Waals surface area (Å²) in [7, 11) is 1.22. The lowest BCUT2D eigenvalue weighted by molar-refractivity contribution is -0.135. The highest BCUT2D eigenvalue weighted by Gasteiger charge is 2.17. The molecule has 0 spiro atoms. The number of rotatable bonds is 4. The van der Waals surface area contributed by atoms with Crippen molar-refractivity contribution in [1.29, 1.82) is 5.26 Å². The predicted molar refractivity (Wildman–Crippen MR) is 85.5 cm³/mol. The van der Waals surface area contributed by atoms with Crippen molar-refractivity contribution in [2.24, 2.45) is 0 Å². The average Bonchev–Trinajstić information content (AvgIpc) is 2.62. The van der Waals surface area contributed by atoms with Crippen molar-refractivity contribution in [1.82, 2.24) is 4.90 Å². The first-order valence-corrected chi connectivity index (χ1v) is 7.50. The van der Waals surface area contributed by atoms with Gasteiger partial charge in [0.1, 0.15) is 6.07 Å². The van der Waals surface area contributed by atoms with Crippen LogP contribution >= 0.6 is 0 Å². The van der Waals surface area contributed by atoms with Gasteiger partial charge in [0.25, 0.3) is 5.91 Å². The highest BCUT2D eigenvalue weighted by Crippen LogP contribution is 2.15. The first-order chi connectivity index (χ1) is 11.2. The summed E-state index contributed by atoms with van der Waals surface area (Å²) >= 11 is 0. The molecule has 1 amide bonds. The van der Waals surface area contributed by atoms with Crippen molar-refractivity contribution in [3.8, 4) is 6.07 Å². The number of carbonyl (C=O) groups is 2. The zero-order chi connectivity index (χ0) is 16.7. The van der Waals surface area contributed by atoms with Gasteiger partial charge in [-0.15, -0.1) is 0 Å². The van der Waals surface area contributed by atoms with Gasteiger partial charge in [0.2, 0.25) is 0 Å². The Bertz CT molecular complexity index is 638. The number of ether oxygens (including phenoxy) is 1. The Morgan fingerprint density at radius 2 is 1.87 bits per heavy atom. The number of esters is 1. The van der Waals surface area contributed by atoms with Crippen LogP contribution in [0.1, 0.15) is 29.6 Å². The zero-order valence-corrected chi connectivity index (χ0v) is 13.0. The summed E-state index contributed by atoms with van der Waals surface area (Å²) < 4.78 is 4.49. The maximum atomic E-state index is 12.3. The van der Waals surface area contributed by atoms with Crippen LogP contribution in [0.4, 0.5) is 5.69 Å². The Balaban J connectivity index is 2.02. The number of nitriles is 1. The molecule has 0 bridgehead atoms. The van der Waals surface area contributed by atoms with Crippen LogP contribution in [0.5, 0.6) is 0 Å². The second-order valence-electron chi connectivity index (χ2n) is 5.24. The Labute approximate surface area is 135 Å². The number of carbonyl (C=O) groups excluding carboxylic acids is 2. The number of benzene rings is 1. The van der Waals surface area contributed by atoms with Crippen molar-refractivity contribution in [3.63, 3.8) is 0 Å². The number of amides is 1. The molecule has 0 atom stereocenters. The van der Waals surface area contributed by atoms with Crippen molar-refractivity contribution >= 4 is 17.6 Å². The minimum absolute atomic E-state index is 0.0408. The molecule has 0 saturated carbocycles. The Kier molecular flexibility index (Phi) is 5.75. The van der Waals surface area contributed by atoms with Crippen molar-refractivity contribution < 1.29 is 14.3 Å². The maximum Gasteiger partial charge on any atom is 0.350 e. The molecule has 0 unspecified atom stereocenters. The first-order valence-electron chi connectivity index (χ1n) is 7.50. The molecule has 1 aliphatic rings. The van der Waals surface area contributed by atoms with E-state index in [1.807, 2.05) is 4.90 Å². The monoisotopic (exact) mass is 313 g/mol. The molecule has 1 saturated heterocycles. The molecule has 0 radical (unpaired) electrons.